The Morgan fingerprint density at radius 1 is 0.939 bits per heavy atom. The normalized spacial score (nSPS) is 12.2. The molecule has 0 saturated carbocycles. The molecule has 0 bridgehead atoms. The Balaban J connectivity index is 1.43. The minimum atomic E-state index is -0.130. The van der Waals surface area contributed by atoms with E-state index in [9.17, 15) is 0 Å². The standard InChI is InChI=1S/C24H20ClN5O2S/c1-15-5-7-18(8-6-15)23-28-27-22(32-23)16(2)33-24-29-26-21(17-9-11-19(25)12-10-17)30(24)14-20-4-3-13-31-20/h3-13,16H,14H2,1-2H3. The maximum atomic E-state index is 6.06. The number of hydrogen-bond acceptors (Lipinski definition) is 7. The molecule has 5 rings (SSSR count). The van der Waals surface area contributed by atoms with Gasteiger partial charge in [-0.05, 0) is 62.4 Å². The van der Waals surface area contributed by atoms with Gasteiger partial charge in [0.25, 0.3) is 0 Å². The van der Waals surface area contributed by atoms with Crippen molar-refractivity contribution in [3.8, 4) is 22.8 Å². The van der Waals surface area contributed by atoms with Crippen LogP contribution in [0.5, 0.6) is 0 Å². The predicted molar refractivity (Wildman–Crippen MR) is 127 cm³/mol. The number of halogens is 1. The van der Waals surface area contributed by atoms with Crippen LogP contribution in [0.4, 0.5) is 0 Å². The minimum absolute atomic E-state index is 0.130. The number of aryl methyl sites for hydroxylation is 1. The summed E-state index contributed by atoms with van der Waals surface area (Å²) in [4.78, 5) is 0. The Bertz CT molecular complexity index is 1340. The molecule has 5 aromatic rings. The van der Waals surface area contributed by atoms with E-state index in [1.54, 1.807) is 6.26 Å². The molecule has 0 amide bonds. The van der Waals surface area contributed by atoms with E-state index < -0.39 is 0 Å². The topological polar surface area (TPSA) is 82.8 Å². The largest absolute Gasteiger partial charge is 0.467 e. The van der Waals surface area contributed by atoms with Crippen molar-refractivity contribution >= 4 is 23.4 Å². The summed E-state index contributed by atoms with van der Waals surface area (Å²) < 4.78 is 13.5. The average Bonchev–Trinajstić information content (AvgIpc) is 3.58. The van der Waals surface area contributed by atoms with Gasteiger partial charge in [0, 0.05) is 16.1 Å². The molecule has 0 aliphatic rings. The van der Waals surface area contributed by atoms with Gasteiger partial charge in [-0.15, -0.1) is 20.4 Å². The van der Waals surface area contributed by atoms with E-state index in [2.05, 4.69) is 20.4 Å². The van der Waals surface area contributed by atoms with Gasteiger partial charge in [-0.3, -0.25) is 4.57 Å². The van der Waals surface area contributed by atoms with Gasteiger partial charge in [0.2, 0.25) is 11.8 Å². The van der Waals surface area contributed by atoms with Crippen LogP contribution < -0.4 is 0 Å². The van der Waals surface area contributed by atoms with Crippen molar-refractivity contribution in [1.29, 1.82) is 0 Å². The predicted octanol–water partition coefficient (Wildman–Crippen LogP) is 6.45. The highest BCUT2D eigenvalue weighted by Gasteiger charge is 2.22. The van der Waals surface area contributed by atoms with Gasteiger partial charge in [-0.25, -0.2) is 0 Å². The lowest BCUT2D eigenvalue weighted by Gasteiger charge is -2.11. The van der Waals surface area contributed by atoms with Gasteiger partial charge in [0.1, 0.15) is 5.76 Å². The van der Waals surface area contributed by atoms with Crippen LogP contribution in [0.15, 0.2) is 80.9 Å². The SMILES string of the molecule is Cc1ccc(-c2nnc(C(C)Sc3nnc(-c4ccc(Cl)cc4)n3Cc3ccco3)o2)cc1. The molecule has 2 aromatic carbocycles. The first-order chi connectivity index (χ1) is 16.1. The highest BCUT2D eigenvalue weighted by atomic mass is 35.5. The first-order valence-corrected chi connectivity index (χ1v) is 11.6. The van der Waals surface area contributed by atoms with Crippen LogP contribution in [0.2, 0.25) is 5.02 Å². The molecule has 0 N–H and O–H groups in total. The molecule has 3 heterocycles. The Hall–Kier alpha value is -3.36. The Morgan fingerprint density at radius 3 is 2.42 bits per heavy atom. The molecule has 1 atom stereocenters. The molecule has 0 fully saturated rings. The second-order valence-electron chi connectivity index (χ2n) is 7.55. The first-order valence-electron chi connectivity index (χ1n) is 10.4. The molecule has 166 valence electrons. The maximum Gasteiger partial charge on any atom is 0.247 e. The van der Waals surface area contributed by atoms with Crippen LogP contribution >= 0.6 is 23.4 Å². The van der Waals surface area contributed by atoms with Crippen LogP contribution in [0, 0.1) is 6.92 Å². The molecule has 0 aliphatic carbocycles. The molecular formula is C24H20ClN5O2S. The highest BCUT2D eigenvalue weighted by molar-refractivity contribution is 7.99. The lowest BCUT2D eigenvalue weighted by molar-refractivity contribution is 0.484. The molecule has 0 aliphatic heterocycles. The summed E-state index contributed by atoms with van der Waals surface area (Å²) in [6.45, 7) is 4.54. The number of hydrogen-bond donors (Lipinski definition) is 0. The molecule has 1 unspecified atom stereocenters. The van der Waals surface area contributed by atoms with Crippen molar-refractivity contribution in [3.05, 3.63) is 89.2 Å². The van der Waals surface area contributed by atoms with Gasteiger partial charge in [-0.1, -0.05) is 41.1 Å². The summed E-state index contributed by atoms with van der Waals surface area (Å²) in [5, 5.41) is 18.6. The van der Waals surface area contributed by atoms with E-state index in [0.29, 0.717) is 23.3 Å². The second-order valence-corrected chi connectivity index (χ2v) is 9.29. The van der Waals surface area contributed by atoms with Crippen molar-refractivity contribution in [2.45, 2.75) is 30.8 Å². The van der Waals surface area contributed by atoms with Crippen molar-refractivity contribution in [2.75, 3.05) is 0 Å². The fourth-order valence-electron chi connectivity index (χ4n) is 3.31. The number of rotatable bonds is 7. The first kappa shape index (κ1) is 21.5. The van der Waals surface area contributed by atoms with E-state index >= 15 is 0 Å². The number of thioether (sulfide) groups is 1. The summed E-state index contributed by atoms with van der Waals surface area (Å²) in [7, 11) is 0. The van der Waals surface area contributed by atoms with E-state index in [0.717, 1.165) is 27.9 Å². The van der Waals surface area contributed by atoms with Gasteiger partial charge < -0.3 is 8.83 Å². The fourth-order valence-corrected chi connectivity index (χ4v) is 4.31. The third kappa shape index (κ3) is 4.72. The Labute approximate surface area is 199 Å². The third-order valence-corrected chi connectivity index (χ3v) is 6.40. The van der Waals surface area contributed by atoms with E-state index in [4.69, 9.17) is 20.4 Å². The van der Waals surface area contributed by atoms with Gasteiger partial charge in [0.15, 0.2) is 11.0 Å². The van der Waals surface area contributed by atoms with Crippen LogP contribution in [-0.2, 0) is 6.54 Å². The Morgan fingerprint density at radius 2 is 1.70 bits per heavy atom. The lowest BCUT2D eigenvalue weighted by atomic mass is 10.1. The van der Waals surface area contributed by atoms with Crippen molar-refractivity contribution < 1.29 is 8.83 Å². The highest BCUT2D eigenvalue weighted by Crippen LogP contribution is 2.36. The summed E-state index contributed by atoms with van der Waals surface area (Å²) >= 11 is 7.56. The van der Waals surface area contributed by atoms with Gasteiger partial charge in [0.05, 0.1) is 18.1 Å². The number of furan rings is 1. The van der Waals surface area contributed by atoms with Crippen LogP contribution in [0.25, 0.3) is 22.8 Å². The minimum Gasteiger partial charge on any atom is -0.467 e. The second kappa shape index (κ2) is 9.25. The van der Waals surface area contributed by atoms with Crippen molar-refractivity contribution in [2.24, 2.45) is 0 Å². The maximum absolute atomic E-state index is 6.06. The zero-order valence-corrected chi connectivity index (χ0v) is 19.5. The molecule has 7 nitrogen and oxygen atoms in total. The van der Waals surface area contributed by atoms with Crippen molar-refractivity contribution in [1.82, 2.24) is 25.0 Å². The van der Waals surface area contributed by atoms with Gasteiger partial charge >= 0.3 is 0 Å². The zero-order valence-electron chi connectivity index (χ0n) is 18.0. The molecule has 3 aromatic heterocycles. The zero-order chi connectivity index (χ0) is 22.8. The molecule has 33 heavy (non-hydrogen) atoms. The van der Waals surface area contributed by atoms with Crippen LogP contribution in [0.3, 0.4) is 0 Å². The van der Waals surface area contributed by atoms with Gasteiger partial charge in [-0.2, -0.15) is 0 Å². The van der Waals surface area contributed by atoms with Crippen molar-refractivity contribution in [3.63, 3.8) is 0 Å². The lowest BCUT2D eigenvalue weighted by Crippen LogP contribution is -2.04. The number of aromatic nitrogens is 5. The van der Waals surface area contributed by atoms with Crippen LogP contribution in [-0.4, -0.2) is 25.0 Å². The molecule has 0 radical (unpaired) electrons. The quantitative estimate of drug-likeness (QED) is 0.249. The average molecular weight is 478 g/mol. The van der Waals surface area contributed by atoms with E-state index in [1.807, 2.05) is 79.1 Å². The number of benzene rings is 2. The van der Waals surface area contributed by atoms with E-state index in [-0.39, 0.29) is 5.25 Å². The number of nitrogens with zero attached hydrogens (tertiary/aromatic N) is 5. The summed E-state index contributed by atoms with van der Waals surface area (Å²) in [5.74, 6) is 2.55. The Kier molecular flexibility index (Phi) is 6.02. The monoisotopic (exact) mass is 477 g/mol. The molecule has 0 spiro atoms. The van der Waals surface area contributed by atoms with E-state index in [1.165, 1.54) is 17.3 Å². The summed E-state index contributed by atoms with van der Waals surface area (Å²) in [6, 6.07) is 19.3. The fraction of sp³-hybridized carbons (Fsp3) is 0.167. The summed E-state index contributed by atoms with van der Waals surface area (Å²) in [5.41, 5.74) is 2.98. The van der Waals surface area contributed by atoms with Crippen LogP contribution in [0.1, 0.15) is 29.4 Å². The molecule has 0 saturated heterocycles. The third-order valence-electron chi connectivity index (χ3n) is 5.08. The molecular weight excluding hydrogens is 458 g/mol. The molecule has 9 heteroatoms. The summed E-state index contributed by atoms with van der Waals surface area (Å²) in [6.07, 6.45) is 1.65. The smallest absolute Gasteiger partial charge is 0.247 e.